The van der Waals surface area contributed by atoms with Gasteiger partial charge in [-0.15, -0.1) is 0 Å². The van der Waals surface area contributed by atoms with Crippen molar-refractivity contribution in [3.8, 4) is 11.8 Å². The van der Waals surface area contributed by atoms with Gasteiger partial charge in [0.05, 0.1) is 17.1 Å². The second-order valence-corrected chi connectivity index (χ2v) is 5.92. The molecule has 1 saturated heterocycles. The van der Waals surface area contributed by atoms with Crippen LogP contribution in [0.1, 0.15) is 15.9 Å². The molecule has 5 nitrogen and oxygen atoms in total. The number of carbonyl (C=O) groups is 2. The van der Waals surface area contributed by atoms with Crippen molar-refractivity contribution < 1.29 is 14.0 Å². The molecule has 0 unspecified atom stereocenters. The summed E-state index contributed by atoms with van der Waals surface area (Å²) in [5, 5.41) is 5.31. The van der Waals surface area contributed by atoms with Crippen LogP contribution >= 0.6 is 11.6 Å². The van der Waals surface area contributed by atoms with E-state index in [1.165, 1.54) is 18.2 Å². The fraction of sp³-hybridized carbons (Fsp3) is 0.158. The number of rotatable bonds is 3. The highest BCUT2D eigenvalue weighted by Crippen LogP contribution is 2.18. The standard InChI is InChI=1S/C19H15ClFN3O2/c20-15-4-1-5-16(21)17(15)18(25)22-10-2-3-13-6-8-14(9-7-13)24-12-11-23-19(24)26/h1,4-9H,10-12H2,(H,22,25)(H,23,26). The Kier molecular flexibility index (Phi) is 5.40. The summed E-state index contributed by atoms with van der Waals surface area (Å²) in [6.07, 6.45) is 0. The molecule has 2 N–H and O–H groups in total. The van der Waals surface area contributed by atoms with Gasteiger partial charge in [0.2, 0.25) is 0 Å². The second-order valence-electron chi connectivity index (χ2n) is 5.51. The number of halogens is 2. The molecule has 7 heteroatoms. The topological polar surface area (TPSA) is 61.4 Å². The minimum absolute atomic E-state index is 0.0528. The van der Waals surface area contributed by atoms with E-state index in [9.17, 15) is 14.0 Å². The minimum Gasteiger partial charge on any atom is -0.341 e. The third-order valence-corrected chi connectivity index (χ3v) is 4.11. The van der Waals surface area contributed by atoms with Crippen LogP contribution < -0.4 is 15.5 Å². The highest BCUT2D eigenvalue weighted by Gasteiger charge is 2.20. The van der Waals surface area contributed by atoms with Crippen LogP contribution in [-0.2, 0) is 0 Å². The van der Waals surface area contributed by atoms with Crippen molar-refractivity contribution in [2.75, 3.05) is 24.5 Å². The molecule has 0 saturated carbocycles. The third-order valence-electron chi connectivity index (χ3n) is 3.80. The molecular weight excluding hydrogens is 357 g/mol. The summed E-state index contributed by atoms with van der Waals surface area (Å²) in [7, 11) is 0. The quantitative estimate of drug-likeness (QED) is 0.815. The first-order valence-electron chi connectivity index (χ1n) is 7.93. The fourth-order valence-electron chi connectivity index (χ4n) is 2.52. The number of hydrogen-bond donors (Lipinski definition) is 2. The highest BCUT2D eigenvalue weighted by molar-refractivity contribution is 6.33. The van der Waals surface area contributed by atoms with Crippen LogP contribution in [0.25, 0.3) is 0 Å². The van der Waals surface area contributed by atoms with Crippen molar-refractivity contribution in [3.05, 3.63) is 64.4 Å². The summed E-state index contributed by atoms with van der Waals surface area (Å²) in [6, 6.07) is 11.2. The first-order valence-corrected chi connectivity index (χ1v) is 8.30. The van der Waals surface area contributed by atoms with Gasteiger partial charge in [0.25, 0.3) is 5.91 Å². The number of nitrogens with zero attached hydrogens (tertiary/aromatic N) is 1. The summed E-state index contributed by atoms with van der Waals surface area (Å²) < 4.78 is 13.7. The Morgan fingerprint density at radius 1 is 1.27 bits per heavy atom. The van der Waals surface area contributed by atoms with E-state index in [1.54, 1.807) is 17.0 Å². The average Bonchev–Trinajstić information content (AvgIpc) is 3.05. The first kappa shape index (κ1) is 17.8. The zero-order valence-electron chi connectivity index (χ0n) is 13.7. The van der Waals surface area contributed by atoms with Gasteiger partial charge in [0, 0.05) is 24.3 Å². The number of urea groups is 1. The van der Waals surface area contributed by atoms with Gasteiger partial charge in [-0.2, -0.15) is 0 Å². The SMILES string of the molecule is O=C(NCC#Cc1ccc(N2CCNC2=O)cc1)c1c(F)cccc1Cl. The van der Waals surface area contributed by atoms with E-state index in [0.29, 0.717) is 13.1 Å². The molecule has 3 rings (SSSR count). The van der Waals surface area contributed by atoms with Crippen LogP contribution in [0, 0.1) is 17.7 Å². The van der Waals surface area contributed by atoms with E-state index in [2.05, 4.69) is 22.5 Å². The molecule has 1 aliphatic rings. The molecular formula is C19H15ClFN3O2. The lowest BCUT2D eigenvalue weighted by Crippen LogP contribution is -2.27. The van der Waals surface area contributed by atoms with Gasteiger partial charge in [-0.3, -0.25) is 9.69 Å². The van der Waals surface area contributed by atoms with Crippen molar-refractivity contribution in [3.63, 3.8) is 0 Å². The molecule has 0 aromatic heterocycles. The number of amides is 3. The summed E-state index contributed by atoms with van der Waals surface area (Å²) in [4.78, 5) is 25.2. The van der Waals surface area contributed by atoms with Crippen LogP contribution in [0.15, 0.2) is 42.5 Å². The molecule has 132 valence electrons. The van der Waals surface area contributed by atoms with E-state index in [-0.39, 0.29) is 23.2 Å². The van der Waals surface area contributed by atoms with Crippen LogP contribution in [0.4, 0.5) is 14.9 Å². The van der Waals surface area contributed by atoms with E-state index < -0.39 is 11.7 Å². The second kappa shape index (κ2) is 7.89. The van der Waals surface area contributed by atoms with Crippen LogP contribution in [-0.4, -0.2) is 31.6 Å². The molecule has 1 heterocycles. The Balaban J connectivity index is 1.58. The van der Waals surface area contributed by atoms with E-state index >= 15 is 0 Å². The number of carbonyl (C=O) groups excluding carboxylic acids is 2. The van der Waals surface area contributed by atoms with E-state index in [4.69, 9.17) is 11.6 Å². The first-order chi connectivity index (χ1) is 12.6. The molecule has 1 aliphatic heterocycles. The summed E-state index contributed by atoms with van der Waals surface area (Å²) in [6.45, 7) is 1.32. The average molecular weight is 372 g/mol. The van der Waals surface area contributed by atoms with Gasteiger partial charge in [0.1, 0.15) is 5.82 Å². The number of nitrogens with one attached hydrogen (secondary N) is 2. The van der Waals surface area contributed by atoms with E-state index in [0.717, 1.165) is 11.3 Å². The molecule has 2 aromatic rings. The molecule has 0 aliphatic carbocycles. The predicted molar refractivity (Wildman–Crippen MR) is 97.8 cm³/mol. The zero-order valence-corrected chi connectivity index (χ0v) is 14.4. The van der Waals surface area contributed by atoms with Crippen molar-refractivity contribution in [2.24, 2.45) is 0 Å². The maximum absolute atomic E-state index is 13.7. The van der Waals surface area contributed by atoms with Gasteiger partial charge in [0.15, 0.2) is 0 Å². The third kappa shape index (κ3) is 3.95. The molecule has 26 heavy (non-hydrogen) atoms. The van der Waals surface area contributed by atoms with Crippen LogP contribution in [0.3, 0.4) is 0 Å². The Bertz CT molecular complexity index is 883. The molecule has 0 bridgehead atoms. The van der Waals surface area contributed by atoms with E-state index in [1.807, 2.05) is 12.1 Å². The van der Waals surface area contributed by atoms with Crippen LogP contribution in [0.5, 0.6) is 0 Å². The fourth-order valence-corrected chi connectivity index (χ4v) is 2.77. The van der Waals surface area contributed by atoms with Crippen molar-refractivity contribution >= 4 is 29.2 Å². The maximum atomic E-state index is 13.7. The molecule has 1 fully saturated rings. The Labute approximate surface area is 155 Å². The van der Waals surface area contributed by atoms with Gasteiger partial charge >= 0.3 is 6.03 Å². The Hall–Kier alpha value is -3.04. The smallest absolute Gasteiger partial charge is 0.321 e. The lowest BCUT2D eigenvalue weighted by molar-refractivity contribution is 0.0955. The van der Waals surface area contributed by atoms with Crippen molar-refractivity contribution in [2.45, 2.75) is 0 Å². The minimum atomic E-state index is -0.676. The summed E-state index contributed by atoms with van der Waals surface area (Å²) in [5.41, 5.74) is 1.35. The lowest BCUT2D eigenvalue weighted by atomic mass is 10.2. The summed E-state index contributed by atoms with van der Waals surface area (Å²) in [5.74, 6) is 4.41. The van der Waals surface area contributed by atoms with Gasteiger partial charge in [-0.05, 0) is 36.4 Å². The number of hydrogen-bond acceptors (Lipinski definition) is 2. The lowest BCUT2D eigenvalue weighted by Gasteiger charge is -2.13. The van der Waals surface area contributed by atoms with Gasteiger partial charge in [-0.25, -0.2) is 9.18 Å². The highest BCUT2D eigenvalue weighted by atomic mass is 35.5. The van der Waals surface area contributed by atoms with Gasteiger partial charge in [-0.1, -0.05) is 29.5 Å². The molecule has 0 spiro atoms. The number of anilines is 1. The zero-order chi connectivity index (χ0) is 18.5. The normalized spacial score (nSPS) is 13.0. The molecule has 2 aromatic carbocycles. The van der Waals surface area contributed by atoms with Crippen molar-refractivity contribution in [1.82, 2.24) is 10.6 Å². The monoisotopic (exact) mass is 371 g/mol. The van der Waals surface area contributed by atoms with Gasteiger partial charge < -0.3 is 10.6 Å². The van der Waals surface area contributed by atoms with Crippen molar-refractivity contribution in [1.29, 1.82) is 0 Å². The Morgan fingerprint density at radius 3 is 2.69 bits per heavy atom. The summed E-state index contributed by atoms with van der Waals surface area (Å²) >= 11 is 5.84. The Morgan fingerprint density at radius 2 is 2.04 bits per heavy atom. The molecule has 3 amide bonds. The largest absolute Gasteiger partial charge is 0.341 e. The van der Waals surface area contributed by atoms with Crippen LogP contribution in [0.2, 0.25) is 5.02 Å². The molecule has 0 radical (unpaired) electrons. The predicted octanol–water partition coefficient (Wildman–Crippen LogP) is 2.79. The molecule has 0 atom stereocenters. The maximum Gasteiger partial charge on any atom is 0.321 e. The number of benzene rings is 2.